The summed E-state index contributed by atoms with van der Waals surface area (Å²) in [5, 5.41) is 4.06. The number of carbonyl (C=O) groups is 1. The van der Waals surface area contributed by atoms with Crippen molar-refractivity contribution in [3.8, 4) is 5.75 Å². The Balaban J connectivity index is 1.38. The second-order valence-corrected chi connectivity index (χ2v) is 6.99. The van der Waals surface area contributed by atoms with Crippen LogP contribution in [0.2, 0.25) is 5.02 Å². The Kier molecular flexibility index (Phi) is 6.96. The first-order valence-electron chi connectivity index (χ1n) is 9.28. The van der Waals surface area contributed by atoms with Gasteiger partial charge >= 0.3 is 0 Å². The first kappa shape index (κ1) is 19.5. The van der Waals surface area contributed by atoms with Crippen molar-refractivity contribution in [2.24, 2.45) is 0 Å². The predicted molar refractivity (Wildman–Crippen MR) is 110 cm³/mol. The van der Waals surface area contributed by atoms with E-state index in [1.165, 1.54) is 5.69 Å². The largest absolute Gasteiger partial charge is 0.497 e. The summed E-state index contributed by atoms with van der Waals surface area (Å²) in [5.74, 6) is 1.06. The number of nitrogens with zero attached hydrogens (tertiary/aromatic N) is 2. The summed E-state index contributed by atoms with van der Waals surface area (Å²) in [6, 6.07) is 15.8. The minimum atomic E-state index is 0.205. The van der Waals surface area contributed by atoms with Crippen molar-refractivity contribution in [2.75, 3.05) is 44.7 Å². The summed E-state index contributed by atoms with van der Waals surface area (Å²) in [5.41, 5.74) is 2.23. The number of hydrogen-bond donors (Lipinski definition) is 1. The fourth-order valence-corrected chi connectivity index (χ4v) is 3.43. The summed E-state index contributed by atoms with van der Waals surface area (Å²) >= 11 is 6.14. The Morgan fingerprint density at radius 3 is 2.44 bits per heavy atom. The predicted octanol–water partition coefficient (Wildman–Crippen LogP) is 3.18. The van der Waals surface area contributed by atoms with E-state index in [4.69, 9.17) is 16.3 Å². The molecule has 0 saturated carbocycles. The second-order valence-electron chi connectivity index (χ2n) is 6.58. The molecule has 2 aromatic rings. The highest BCUT2D eigenvalue weighted by Gasteiger charge is 2.20. The lowest BCUT2D eigenvalue weighted by Crippen LogP contribution is -2.49. The molecule has 0 radical (unpaired) electrons. The van der Waals surface area contributed by atoms with Crippen LogP contribution in [-0.4, -0.2) is 50.6 Å². The van der Waals surface area contributed by atoms with E-state index in [0.29, 0.717) is 19.5 Å². The molecule has 6 heteroatoms. The third kappa shape index (κ3) is 5.37. The molecule has 144 valence electrons. The van der Waals surface area contributed by atoms with E-state index in [2.05, 4.69) is 22.3 Å². The number of rotatable bonds is 7. The SMILES string of the molecule is COc1ccc(N2CCN(C(=O)CCNCc3ccccc3Cl)CC2)cc1. The van der Waals surface area contributed by atoms with Crippen LogP contribution in [0.25, 0.3) is 0 Å². The van der Waals surface area contributed by atoms with E-state index in [1.54, 1.807) is 7.11 Å². The number of hydrogen-bond acceptors (Lipinski definition) is 4. The van der Waals surface area contributed by atoms with Gasteiger partial charge in [0.05, 0.1) is 7.11 Å². The second kappa shape index (κ2) is 9.62. The molecule has 27 heavy (non-hydrogen) atoms. The lowest BCUT2D eigenvalue weighted by atomic mass is 10.2. The maximum atomic E-state index is 12.4. The fourth-order valence-electron chi connectivity index (χ4n) is 3.23. The van der Waals surface area contributed by atoms with Gasteiger partial charge in [0.25, 0.3) is 0 Å². The van der Waals surface area contributed by atoms with Crippen LogP contribution in [0.5, 0.6) is 5.75 Å². The fraction of sp³-hybridized carbons (Fsp3) is 0.381. The molecule has 1 heterocycles. The van der Waals surface area contributed by atoms with Gasteiger partial charge < -0.3 is 19.9 Å². The zero-order valence-corrected chi connectivity index (χ0v) is 16.4. The van der Waals surface area contributed by atoms with Gasteiger partial charge in [0.1, 0.15) is 5.75 Å². The Labute approximate surface area is 165 Å². The Morgan fingerprint density at radius 2 is 1.78 bits per heavy atom. The van der Waals surface area contributed by atoms with Crippen LogP contribution in [-0.2, 0) is 11.3 Å². The molecular weight excluding hydrogens is 362 g/mol. The first-order valence-corrected chi connectivity index (χ1v) is 9.66. The third-order valence-corrected chi connectivity index (χ3v) is 5.23. The number of ether oxygens (including phenoxy) is 1. The smallest absolute Gasteiger partial charge is 0.223 e. The molecule has 5 nitrogen and oxygen atoms in total. The monoisotopic (exact) mass is 387 g/mol. The van der Waals surface area contributed by atoms with Crippen LogP contribution in [0.3, 0.4) is 0 Å². The van der Waals surface area contributed by atoms with Crippen molar-refractivity contribution in [1.82, 2.24) is 10.2 Å². The highest BCUT2D eigenvalue weighted by Crippen LogP contribution is 2.20. The van der Waals surface area contributed by atoms with Gasteiger partial charge in [-0.15, -0.1) is 0 Å². The lowest BCUT2D eigenvalue weighted by Gasteiger charge is -2.36. The van der Waals surface area contributed by atoms with Crippen molar-refractivity contribution < 1.29 is 9.53 Å². The average molecular weight is 388 g/mol. The van der Waals surface area contributed by atoms with Gasteiger partial charge in [-0.05, 0) is 35.9 Å². The van der Waals surface area contributed by atoms with Crippen molar-refractivity contribution in [2.45, 2.75) is 13.0 Å². The summed E-state index contributed by atoms with van der Waals surface area (Å²) < 4.78 is 5.20. The van der Waals surface area contributed by atoms with Gasteiger partial charge in [0.15, 0.2) is 0 Å². The van der Waals surface area contributed by atoms with Crippen LogP contribution in [0.1, 0.15) is 12.0 Å². The van der Waals surface area contributed by atoms with Crippen LogP contribution in [0.15, 0.2) is 48.5 Å². The molecule has 1 saturated heterocycles. The first-order chi connectivity index (χ1) is 13.2. The quantitative estimate of drug-likeness (QED) is 0.741. The van der Waals surface area contributed by atoms with Gasteiger partial charge in [0, 0.05) is 56.4 Å². The van der Waals surface area contributed by atoms with Gasteiger partial charge in [-0.2, -0.15) is 0 Å². The van der Waals surface area contributed by atoms with Crippen molar-refractivity contribution in [1.29, 1.82) is 0 Å². The van der Waals surface area contributed by atoms with Gasteiger partial charge in [0.2, 0.25) is 5.91 Å². The lowest BCUT2D eigenvalue weighted by molar-refractivity contribution is -0.131. The minimum Gasteiger partial charge on any atom is -0.497 e. The molecule has 1 N–H and O–H groups in total. The minimum absolute atomic E-state index is 0.205. The number of halogens is 1. The van der Waals surface area contributed by atoms with E-state index in [-0.39, 0.29) is 5.91 Å². The molecule has 1 aliphatic heterocycles. The highest BCUT2D eigenvalue weighted by molar-refractivity contribution is 6.31. The number of benzene rings is 2. The standard InChI is InChI=1S/C21H26ClN3O2/c1-27-19-8-6-18(7-9-19)24-12-14-25(15-13-24)21(26)10-11-23-16-17-4-2-3-5-20(17)22/h2-9,23H,10-16H2,1H3. The number of amides is 1. The van der Waals surface area contributed by atoms with Crippen molar-refractivity contribution in [3.05, 3.63) is 59.1 Å². The summed E-state index contributed by atoms with van der Waals surface area (Å²) in [7, 11) is 1.67. The van der Waals surface area contributed by atoms with E-state index < -0.39 is 0 Å². The molecule has 0 aromatic heterocycles. The molecule has 0 spiro atoms. The van der Waals surface area contributed by atoms with Crippen LogP contribution < -0.4 is 15.0 Å². The highest BCUT2D eigenvalue weighted by atomic mass is 35.5. The van der Waals surface area contributed by atoms with Gasteiger partial charge in [-0.3, -0.25) is 4.79 Å². The molecule has 0 atom stereocenters. The third-order valence-electron chi connectivity index (χ3n) is 4.86. The van der Waals surface area contributed by atoms with Crippen molar-refractivity contribution >= 4 is 23.2 Å². The molecule has 1 amide bonds. The maximum absolute atomic E-state index is 12.4. The Bertz CT molecular complexity index is 743. The molecule has 1 aliphatic rings. The van der Waals surface area contributed by atoms with Gasteiger partial charge in [-0.1, -0.05) is 29.8 Å². The number of anilines is 1. The van der Waals surface area contributed by atoms with E-state index in [0.717, 1.165) is 42.5 Å². The number of methoxy groups -OCH3 is 1. The molecule has 1 fully saturated rings. The van der Waals surface area contributed by atoms with Crippen molar-refractivity contribution in [3.63, 3.8) is 0 Å². The number of nitrogens with one attached hydrogen (secondary N) is 1. The number of piperazine rings is 1. The summed E-state index contributed by atoms with van der Waals surface area (Å²) in [6.07, 6.45) is 0.507. The topological polar surface area (TPSA) is 44.8 Å². The summed E-state index contributed by atoms with van der Waals surface area (Å²) in [4.78, 5) is 16.7. The molecular formula is C21H26ClN3O2. The molecule has 0 bridgehead atoms. The molecule has 3 rings (SSSR count). The van der Waals surface area contributed by atoms with Crippen LogP contribution >= 0.6 is 11.6 Å². The number of carbonyl (C=O) groups excluding carboxylic acids is 1. The molecule has 0 aliphatic carbocycles. The van der Waals surface area contributed by atoms with Crippen LogP contribution in [0.4, 0.5) is 5.69 Å². The van der Waals surface area contributed by atoms with Crippen LogP contribution in [0, 0.1) is 0 Å². The molecule has 0 unspecified atom stereocenters. The van der Waals surface area contributed by atoms with E-state index in [9.17, 15) is 4.79 Å². The maximum Gasteiger partial charge on any atom is 0.223 e. The normalized spacial score (nSPS) is 14.3. The van der Waals surface area contributed by atoms with E-state index in [1.807, 2.05) is 41.3 Å². The zero-order chi connectivity index (χ0) is 19.1. The van der Waals surface area contributed by atoms with Gasteiger partial charge in [-0.25, -0.2) is 0 Å². The summed E-state index contributed by atoms with van der Waals surface area (Å²) in [6.45, 7) is 4.56. The Hall–Kier alpha value is -2.24. The molecule has 2 aromatic carbocycles. The Morgan fingerprint density at radius 1 is 1.07 bits per heavy atom. The van der Waals surface area contributed by atoms with E-state index >= 15 is 0 Å². The average Bonchev–Trinajstić information content (AvgIpc) is 2.72. The zero-order valence-electron chi connectivity index (χ0n) is 15.7.